The van der Waals surface area contributed by atoms with Crippen molar-refractivity contribution in [2.75, 3.05) is 25.0 Å². The molecule has 1 N–H and O–H groups in total. The van der Waals surface area contributed by atoms with E-state index in [1.54, 1.807) is 6.20 Å². The number of hydrogen-bond donors (Lipinski definition) is 1. The van der Waals surface area contributed by atoms with Crippen LogP contribution in [0.25, 0.3) is 0 Å². The summed E-state index contributed by atoms with van der Waals surface area (Å²) in [5.41, 5.74) is 0.277. The van der Waals surface area contributed by atoms with Crippen molar-refractivity contribution in [3.63, 3.8) is 0 Å². The number of nitrogens with one attached hydrogen (secondary N) is 1. The smallest absolute Gasteiger partial charge is 0.367 e. The van der Waals surface area contributed by atoms with E-state index in [4.69, 9.17) is 0 Å². The van der Waals surface area contributed by atoms with Crippen molar-refractivity contribution in [2.45, 2.75) is 31.5 Å². The first-order valence-corrected chi connectivity index (χ1v) is 8.27. The number of likely N-dealkylation sites (tertiary alicyclic amines) is 1. The Labute approximate surface area is 144 Å². The van der Waals surface area contributed by atoms with Gasteiger partial charge >= 0.3 is 6.18 Å². The third-order valence-corrected chi connectivity index (χ3v) is 4.50. The summed E-state index contributed by atoms with van der Waals surface area (Å²) in [6.45, 7) is 2.78. The maximum atomic E-state index is 12.7. The monoisotopic (exact) mass is 354 g/mol. The van der Waals surface area contributed by atoms with Gasteiger partial charge in [-0.1, -0.05) is 0 Å². The predicted molar refractivity (Wildman–Crippen MR) is 87.0 cm³/mol. The average Bonchev–Trinajstić information content (AvgIpc) is 2.99. The Kier molecular flexibility index (Phi) is 5.22. The van der Waals surface area contributed by atoms with Gasteiger partial charge in [0, 0.05) is 57.1 Å². The van der Waals surface area contributed by atoms with Gasteiger partial charge in [0.05, 0.1) is 0 Å². The highest BCUT2D eigenvalue weighted by Crippen LogP contribution is 2.28. The Hall–Kier alpha value is -2.16. The molecule has 136 valence electrons. The lowest BCUT2D eigenvalue weighted by atomic mass is 10.0. The molecule has 0 saturated carbocycles. The number of rotatable bonds is 5. The minimum atomic E-state index is -4.45. The van der Waals surface area contributed by atoms with Crippen molar-refractivity contribution in [2.24, 2.45) is 7.05 Å². The number of hydrogen-bond acceptors (Lipinski definition) is 5. The maximum absolute atomic E-state index is 12.7. The van der Waals surface area contributed by atoms with E-state index >= 15 is 0 Å². The fraction of sp³-hybridized carbons (Fsp3) is 0.562. The van der Waals surface area contributed by atoms with Crippen molar-refractivity contribution in [1.82, 2.24) is 24.6 Å². The molecule has 0 radical (unpaired) electrons. The zero-order valence-electron chi connectivity index (χ0n) is 14.0. The maximum Gasteiger partial charge on any atom is 0.433 e. The van der Waals surface area contributed by atoms with Gasteiger partial charge in [0.15, 0.2) is 0 Å². The topological polar surface area (TPSA) is 58.9 Å². The summed E-state index contributed by atoms with van der Waals surface area (Å²) in [7, 11) is 1.93. The van der Waals surface area contributed by atoms with Gasteiger partial charge in [0.25, 0.3) is 0 Å². The summed E-state index contributed by atoms with van der Waals surface area (Å²) >= 11 is 0. The van der Waals surface area contributed by atoms with E-state index in [2.05, 4.69) is 25.3 Å². The molecule has 0 amide bonds. The van der Waals surface area contributed by atoms with Crippen LogP contribution >= 0.6 is 0 Å². The predicted octanol–water partition coefficient (Wildman–Crippen LogP) is 2.35. The zero-order chi connectivity index (χ0) is 17.9. The highest BCUT2D eigenvalue weighted by molar-refractivity contribution is 5.36. The van der Waals surface area contributed by atoms with Crippen LogP contribution in [-0.2, 0) is 19.6 Å². The van der Waals surface area contributed by atoms with E-state index < -0.39 is 11.9 Å². The molecule has 0 aromatic carbocycles. The van der Waals surface area contributed by atoms with E-state index in [-0.39, 0.29) is 11.9 Å². The van der Waals surface area contributed by atoms with Gasteiger partial charge in [-0.15, -0.1) is 0 Å². The van der Waals surface area contributed by atoms with Gasteiger partial charge in [-0.3, -0.25) is 4.68 Å². The molecule has 6 nitrogen and oxygen atoms in total. The first-order valence-electron chi connectivity index (χ1n) is 8.27. The number of aromatic nitrogens is 4. The molecule has 0 bridgehead atoms. The fourth-order valence-electron chi connectivity index (χ4n) is 3.02. The third kappa shape index (κ3) is 4.68. The van der Waals surface area contributed by atoms with E-state index in [1.165, 1.54) is 5.69 Å². The summed E-state index contributed by atoms with van der Waals surface area (Å²) in [6.07, 6.45) is 0.980. The van der Waals surface area contributed by atoms with Crippen molar-refractivity contribution in [1.29, 1.82) is 0 Å². The summed E-state index contributed by atoms with van der Waals surface area (Å²) in [6, 6.07) is 3.11. The minimum Gasteiger partial charge on any atom is -0.367 e. The lowest BCUT2D eigenvalue weighted by Gasteiger charge is -2.32. The number of alkyl halides is 3. The van der Waals surface area contributed by atoms with Crippen molar-refractivity contribution in [3.8, 4) is 0 Å². The molecule has 2 aromatic heterocycles. The molecule has 3 heterocycles. The van der Waals surface area contributed by atoms with Gasteiger partial charge in [-0.2, -0.15) is 18.3 Å². The molecule has 1 aliphatic heterocycles. The minimum absolute atomic E-state index is 0.129. The summed E-state index contributed by atoms with van der Waals surface area (Å²) < 4.78 is 40.0. The fourth-order valence-corrected chi connectivity index (χ4v) is 3.02. The molecule has 0 aliphatic carbocycles. The lowest BCUT2D eigenvalue weighted by molar-refractivity contribution is -0.141. The summed E-state index contributed by atoms with van der Waals surface area (Å²) in [4.78, 5) is 9.55. The molecule has 0 atom stereocenters. The molecule has 1 fully saturated rings. The average molecular weight is 354 g/mol. The molecule has 0 spiro atoms. The molecule has 1 saturated heterocycles. The largest absolute Gasteiger partial charge is 0.433 e. The lowest BCUT2D eigenvalue weighted by Crippen LogP contribution is -2.40. The Morgan fingerprint density at radius 3 is 2.64 bits per heavy atom. The van der Waals surface area contributed by atoms with Crippen molar-refractivity contribution < 1.29 is 13.2 Å². The Balaban J connectivity index is 1.47. The number of nitrogens with zero attached hydrogens (tertiary/aromatic N) is 5. The highest BCUT2D eigenvalue weighted by Gasteiger charge is 2.33. The van der Waals surface area contributed by atoms with Crippen LogP contribution in [-0.4, -0.2) is 50.3 Å². The quantitative estimate of drug-likeness (QED) is 0.893. The van der Waals surface area contributed by atoms with Crippen LogP contribution in [0.2, 0.25) is 0 Å². The van der Waals surface area contributed by atoms with Crippen LogP contribution in [0.15, 0.2) is 24.7 Å². The number of piperidine rings is 1. The Morgan fingerprint density at radius 1 is 1.24 bits per heavy atom. The van der Waals surface area contributed by atoms with Gasteiger partial charge in [-0.05, 0) is 18.9 Å². The van der Waals surface area contributed by atoms with E-state index in [0.29, 0.717) is 0 Å². The van der Waals surface area contributed by atoms with E-state index in [0.717, 1.165) is 51.3 Å². The van der Waals surface area contributed by atoms with Gasteiger partial charge in [0.1, 0.15) is 17.8 Å². The number of anilines is 1. The van der Waals surface area contributed by atoms with Crippen molar-refractivity contribution >= 4 is 5.82 Å². The molecule has 25 heavy (non-hydrogen) atoms. The molecular formula is C16H21F3N6. The van der Waals surface area contributed by atoms with Crippen LogP contribution in [0, 0.1) is 0 Å². The van der Waals surface area contributed by atoms with E-state index in [9.17, 15) is 13.2 Å². The SMILES string of the molecule is Cn1nccc1CCN1CCC(Nc2cc(C(F)(F)F)ncn2)CC1. The molecule has 0 unspecified atom stereocenters. The van der Waals surface area contributed by atoms with Crippen LogP contribution in [0.1, 0.15) is 24.2 Å². The van der Waals surface area contributed by atoms with Gasteiger partial charge in [-0.25, -0.2) is 9.97 Å². The van der Waals surface area contributed by atoms with Crippen molar-refractivity contribution in [3.05, 3.63) is 36.0 Å². The standard InChI is InChI=1S/C16H21F3N6/c1-24-13(2-6-22-24)5-9-25-7-3-12(4-8-25)23-15-10-14(16(17,18)19)20-11-21-15/h2,6,10-12H,3-5,7-9H2,1H3,(H,20,21,23). The summed E-state index contributed by atoms with van der Waals surface area (Å²) in [5.74, 6) is 0.232. The number of aryl methyl sites for hydroxylation is 1. The van der Waals surface area contributed by atoms with Crippen LogP contribution in [0.5, 0.6) is 0 Å². The van der Waals surface area contributed by atoms with E-state index in [1.807, 2.05) is 17.8 Å². The highest BCUT2D eigenvalue weighted by atomic mass is 19.4. The van der Waals surface area contributed by atoms with Gasteiger partial charge in [0.2, 0.25) is 0 Å². The van der Waals surface area contributed by atoms with Crippen LogP contribution in [0.3, 0.4) is 0 Å². The first-order chi connectivity index (χ1) is 11.9. The molecular weight excluding hydrogens is 333 g/mol. The Morgan fingerprint density at radius 2 is 2.00 bits per heavy atom. The van der Waals surface area contributed by atoms with Gasteiger partial charge < -0.3 is 10.2 Å². The third-order valence-electron chi connectivity index (χ3n) is 4.50. The second kappa shape index (κ2) is 7.38. The second-order valence-corrected chi connectivity index (χ2v) is 6.24. The number of halogens is 3. The first kappa shape index (κ1) is 17.7. The molecule has 1 aliphatic rings. The summed E-state index contributed by atoms with van der Waals surface area (Å²) in [5, 5.41) is 7.26. The molecule has 3 rings (SSSR count). The Bertz CT molecular complexity index is 691. The molecule has 9 heteroatoms. The zero-order valence-corrected chi connectivity index (χ0v) is 14.0. The van der Waals surface area contributed by atoms with Crippen LogP contribution in [0.4, 0.5) is 19.0 Å². The second-order valence-electron chi connectivity index (χ2n) is 6.24. The molecule has 2 aromatic rings. The normalized spacial score (nSPS) is 17.0. The van der Waals surface area contributed by atoms with Crippen LogP contribution < -0.4 is 5.32 Å².